The van der Waals surface area contributed by atoms with Gasteiger partial charge in [-0.15, -0.1) is 0 Å². The van der Waals surface area contributed by atoms with Crippen LogP contribution in [0, 0.1) is 0 Å². The van der Waals surface area contributed by atoms with Crippen LogP contribution in [0.3, 0.4) is 0 Å². The standard InChI is InChI=1S/C16H17BrClNO/c1-11(9-12-3-5-13(18)6-4-12)19-14-7-8-16(20-2)15(17)10-14/h3-8,10-11,19H,9H2,1-2H3. The first kappa shape index (κ1) is 15.2. The van der Waals surface area contributed by atoms with E-state index in [9.17, 15) is 0 Å². The molecule has 1 unspecified atom stereocenters. The Kier molecular flexibility index (Phi) is 5.32. The Bertz CT molecular complexity index is 571. The number of ether oxygens (including phenoxy) is 1. The van der Waals surface area contributed by atoms with Gasteiger partial charge in [-0.2, -0.15) is 0 Å². The zero-order valence-corrected chi connectivity index (χ0v) is 13.8. The average Bonchev–Trinajstić information content (AvgIpc) is 2.41. The summed E-state index contributed by atoms with van der Waals surface area (Å²) in [4.78, 5) is 0. The van der Waals surface area contributed by atoms with Gasteiger partial charge in [-0.1, -0.05) is 23.7 Å². The zero-order chi connectivity index (χ0) is 14.5. The normalized spacial score (nSPS) is 12.0. The number of nitrogens with one attached hydrogen (secondary N) is 1. The highest BCUT2D eigenvalue weighted by Gasteiger charge is 2.06. The van der Waals surface area contributed by atoms with Crippen LogP contribution in [-0.4, -0.2) is 13.2 Å². The third-order valence-corrected chi connectivity index (χ3v) is 3.89. The first-order valence-corrected chi connectivity index (χ1v) is 7.60. The second-order valence-electron chi connectivity index (χ2n) is 4.73. The smallest absolute Gasteiger partial charge is 0.133 e. The monoisotopic (exact) mass is 353 g/mol. The van der Waals surface area contributed by atoms with Crippen molar-refractivity contribution in [2.45, 2.75) is 19.4 Å². The van der Waals surface area contributed by atoms with Gasteiger partial charge >= 0.3 is 0 Å². The van der Waals surface area contributed by atoms with E-state index in [4.69, 9.17) is 16.3 Å². The summed E-state index contributed by atoms with van der Waals surface area (Å²) in [5.41, 5.74) is 2.33. The van der Waals surface area contributed by atoms with Gasteiger partial charge in [0.2, 0.25) is 0 Å². The molecule has 2 aromatic rings. The second kappa shape index (κ2) is 7.00. The molecule has 0 aliphatic heterocycles. The van der Waals surface area contributed by atoms with Crippen molar-refractivity contribution in [3.63, 3.8) is 0 Å². The van der Waals surface area contributed by atoms with Crippen LogP contribution in [0.2, 0.25) is 5.02 Å². The van der Waals surface area contributed by atoms with Crippen LogP contribution >= 0.6 is 27.5 Å². The first-order valence-electron chi connectivity index (χ1n) is 6.43. The molecule has 2 aromatic carbocycles. The Morgan fingerprint density at radius 2 is 1.90 bits per heavy atom. The minimum absolute atomic E-state index is 0.330. The molecule has 2 rings (SSSR count). The summed E-state index contributed by atoms with van der Waals surface area (Å²) in [6.45, 7) is 2.16. The molecule has 0 radical (unpaired) electrons. The second-order valence-corrected chi connectivity index (χ2v) is 6.02. The van der Waals surface area contributed by atoms with Gasteiger partial charge in [0.25, 0.3) is 0 Å². The van der Waals surface area contributed by atoms with Crippen LogP contribution in [0.4, 0.5) is 5.69 Å². The molecule has 0 saturated carbocycles. The lowest BCUT2D eigenvalue weighted by atomic mass is 10.1. The Hall–Kier alpha value is -1.19. The molecule has 2 nitrogen and oxygen atoms in total. The third kappa shape index (κ3) is 4.15. The fourth-order valence-corrected chi connectivity index (χ4v) is 2.73. The average molecular weight is 355 g/mol. The molecule has 0 fully saturated rings. The van der Waals surface area contributed by atoms with Crippen LogP contribution in [0.5, 0.6) is 5.75 Å². The van der Waals surface area contributed by atoms with Gasteiger partial charge in [0.1, 0.15) is 5.75 Å². The van der Waals surface area contributed by atoms with Gasteiger partial charge in [-0.05, 0) is 65.2 Å². The van der Waals surface area contributed by atoms with E-state index in [1.54, 1.807) is 7.11 Å². The van der Waals surface area contributed by atoms with E-state index in [0.29, 0.717) is 6.04 Å². The van der Waals surface area contributed by atoms with Crippen molar-refractivity contribution >= 4 is 33.2 Å². The molecule has 20 heavy (non-hydrogen) atoms. The number of methoxy groups -OCH3 is 1. The fourth-order valence-electron chi connectivity index (χ4n) is 2.07. The molecular formula is C16H17BrClNO. The molecule has 0 saturated heterocycles. The van der Waals surface area contributed by atoms with Crippen molar-refractivity contribution < 1.29 is 4.74 Å². The predicted octanol–water partition coefficient (Wildman–Crippen LogP) is 5.15. The van der Waals surface area contributed by atoms with E-state index in [-0.39, 0.29) is 0 Å². The summed E-state index contributed by atoms with van der Waals surface area (Å²) in [5, 5.41) is 4.25. The Morgan fingerprint density at radius 3 is 2.50 bits per heavy atom. The van der Waals surface area contributed by atoms with Gasteiger partial charge < -0.3 is 10.1 Å². The summed E-state index contributed by atoms with van der Waals surface area (Å²) in [6.07, 6.45) is 0.945. The third-order valence-electron chi connectivity index (χ3n) is 3.02. The molecule has 4 heteroatoms. The molecule has 0 heterocycles. The SMILES string of the molecule is COc1ccc(NC(C)Cc2ccc(Cl)cc2)cc1Br. The molecule has 1 N–H and O–H groups in total. The Labute approximate surface area is 133 Å². The highest BCUT2D eigenvalue weighted by atomic mass is 79.9. The van der Waals surface area contributed by atoms with Crippen LogP contribution in [-0.2, 0) is 6.42 Å². The van der Waals surface area contributed by atoms with Gasteiger partial charge in [0.15, 0.2) is 0 Å². The van der Waals surface area contributed by atoms with Crippen LogP contribution in [0.25, 0.3) is 0 Å². The molecule has 0 bridgehead atoms. The number of hydrogen-bond acceptors (Lipinski definition) is 2. The van der Waals surface area contributed by atoms with Crippen molar-refractivity contribution in [3.05, 3.63) is 57.5 Å². The Morgan fingerprint density at radius 1 is 1.20 bits per heavy atom. The van der Waals surface area contributed by atoms with Crippen LogP contribution in [0.15, 0.2) is 46.9 Å². The Balaban J connectivity index is 1.99. The lowest BCUT2D eigenvalue weighted by Crippen LogP contribution is -2.18. The highest BCUT2D eigenvalue weighted by Crippen LogP contribution is 2.28. The van der Waals surface area contributed by atoms with Crippen LogP contribution < -0.4 is 10.1 Å². The lowest BCUT2D eigenvalue weighted by molar-refractivity contribution is 0.412. The molecule has 0 amide bonds. The fraction of sp³-hybridized carbons (Fsp3) is 0.250. The number of rotatable bonds is 5. The molecular weight excluding hydrogens is 338 g/mol. The van der Waals surface area contributed by atoms with Gasteiger partial charge in [-0.3, -0.25) is 0 Å². The molecule has 0 spiro atoms. The maximum atomic E-state index is 5.89. The van der Waals surface area contributed by atoms with Crippen molar-refractivity contribution in [2.24, 2.45) is 0 Å². The molecule has 106 valence electrons. The minimum Gasteiger partial charge on any atom is -0.496 e. The van der Waals surface area contributed by atoms with Crippen LogP contribution in [0.1, 0.15) is 12.5 Å². The predicted molar refractivity (Wildman–Crippen MR) is 88.9 cm³/mol. The number of benzene rings is 2. The summed E-state index contributed by atoms with van der Waals surface area (Å²) >= 11 is 9.38. The van der Waals surface area contributed by atoms with E-state index in [1.807, 2.05) is 30.3 Å². The largest absolute Gasteiger partial charge is 0.496 e. The summed E-state index contributed by atoms with van der Waals surface area (Å²) in [7, 11) is 1.66. The lowest BCUT2D eigenvalue weighted by Gasteiger charge is -2.16. The van der Waals surface area contributed by atoms with E-state index in [1.165, 1.54) is 5.56 Å². The van der Waals surface area contributed by atoms with Crippen molar-refractivity contribution in [1.82, 2.24) is 0 Å². The zero-order valence-electron chi connectivity index (χ0n) is 11.5. The number of hydrogen-bond donors (Lipinski definition) is 1. The molecule has 0 aromatic heterocycles. The van der Waals surface area contributed by atoms with E-state index < -0.39 is 0 Å². The number of anilines is 1. The van der Waals surface area contributed by atoms with E-state index in [0.717, 1.165) is 27.4 Å². The highest BCUT2D eigenvalue weighted by molar-refractivity contribution is 9.10. The van der Waals surface area contributed by atoms with Crippen molar-refractivity contribution in [3.8, 4) is 5.75 Å². The van der Waals surface area contributed by atoms with Gasteiger partial charge in [-0.25, -0.2) is 0 Å². The first-order chi connectivity index (χ1) is 9.58. The van der Waals surface area contributed by atoms with Crippen molar-refractivity contribution in [1.29, 1.82) is 0 Å². The topological polar surface area (TPSA) is 21.3 Å². The summed E-state index contributed by atoms with van der Waals surface area (Å²) in [5.74, 6) is 0.834. The van der Waals surface area contributed by atoms with Gasteiger partial charge in [0.05, 0.1) is 11.6 Å². The van der Waals surface area contributed by atoms with Gasteiger partial charge in [0, 0.05) is 16.8 Å². The maximum absolute atomic E-state index is 5.89. The summed E-state index contributed by atoms with van der Waals surface area (Å²) < 4.78 is 6.17. The van der Waals surface area contributed by atoms with E-state index >= 15 is 0 Å². The molecule has 0 aliphatic rings. The molecule has 1 atom stereocenters. The van der Waals surface area contributed by atoms with Crippen molar-refractivity contribution in [2.75, 3.05) is 12.4 Å². The molecule has 0 aliphatic carbocycles. The maximum Gasteiger partial charge on any atom is 0.133 e. The minimum atomic E-state index is 0.330. The summed E-state index contributed by atoms with van der Waals surface area (Å²) in [6, 6.07) is 14.3. The quantitative estimate of drug-likeness (QED) is 0.801. The van der Waals surface area contributed by atoms with E-state index in [2.05, 4.69) is 40.3 Å². The number of halogens is 2.